The zero-order valence-electron chi connectivity index (χ0n) is 22.3. The van der Waals surface area contributed by atoms with Crippen LogP contribution in [-0.4, -0.2) is 61.5 Å². The summed E-state index contributed by atoms with van der Waals surface area (Å²) in [5.74, 6) is -1.94. The van der Waals surface area contributed by atoms with Crippen molar-refractivity contribution in [3.8, 4) is 0 Å². The Morgan fingerprint density at radius 2 is 1.14 bits per heavy atom. The first-order chi connectivity index (χ1) is 19.1. The van der Waals surface area contributed by atoms with E-state index >= 15 is 0 Å². The first-order valence-electron chi connectivity index (χ1n) is 11.3. The van der Waals surface area contributed by atoms with Crippen molar-refractivity contribution in [2.75, 3.05) is 7.11 Å². The van der Waals surface area contributed by atoms with Crippen LogP contribution >= 0.6 is 12.4 Å². The van der Waals surface area contributed by atoms with Crippen LogP contribution in [0.5, 0.6) is 0 Å². The third-order valence-electron chi connectivity index (χ3n) is 6.13. The summed E-state index contributed by atoms with van der Waals surface area (Å²) in [6, 6.07) is -2.13. The molecular formula is C22H27ClF4N8O8. The molecule has 21 heteroatoms. The second-order valence-corrected chi connectivity index (χ2v) is 8.45. The molecule has 4 aromatic heterocycles. The van der Waals surface area contributed by atoms with E-state index in [1.54, 1.807) is 0 Å². The molecule has 0 aliphatic rings. The van der Waals surface area contributed by atoms with Gasteiger partial charge in [-0.25, -0.2) is 38.3 Å². The number of nitrogens with zero attached hydrogens (tertiary/aromatic N) is 8. The van der Waals surface area contributed by atoms with Gasteiger partial charge in [0.25, 0.3) is 11.1 Å². The maximum absolute atomic E-state index is 13.0. The summed E-state index contributed by atoms with van der Waals surface area (Å²) < 4.78 is 59.6. The predicted octanol–water partition coefficient (Wildman–Crippen LogP) is 1.02. The number of ether oxygens (including phenoxy) is 1. The van der Waals surface area contributed by atoms with Gasteiger partial charge in [0.1, 0.15) is 12.1 Å². The fraction of sp³-hybridized carbons (Fsp3) is 0.455. The lowest BCUT2D eigenvalue weighted by molar-refractivity contribution is -0.144. The number of aliphatic carboxylic acids is 1. The van der Waals surface area contributed by atoms with Crippen molar-refractivity contribution in [2.24, 2.45) is 14.1 Å². The molecule has 0 radical (unpaired) electrons. The molecule has 0 fully saturated rings. The average molecular weight is 643 g/mol. The van der Waals surface area contributed by atoms with Gasteiger partial charge in [-0.2, -0.15) is 17.6 Å². The monoisotopic (exact) mass is 642 g/mol. The van der Waals surface area contributed by atoms with Crippen LogP contribution in [0, 0.1) is 0 Å². The number of alkyl halides is 4. The summed E-state index contributed by atoms with van der Waals surface area (Å²) in [5.41, 5.74) is -5.75. The van der Waals surface area contributed by atoms with E-state index in [2.05, 4.69) is 14.7 Å². The molecule has 0 unspecified atom stereocenters. The van der Waals surface area contributed by atoms with Crippen molar-refractivity contribution < 1.29 is 37.0 Å². The fourth-order valence-electron chi connectivity index (χ4n) is 3.81. The van der Waals surface area contributed by atoms with Gasteiger partial charge in [-0.15, -0.1) is 12.4 Å². The summed E-state index contributed by atoms with van der Waals surface area (Å²) in [7, 11) is 3.26. The van der Waals surface area contributed by atoms with Crippen molar-refractivity contribution >= 4 is 46.7 Å². The van der Waals surface area contributed by atoms with Crippen molar-refractivity contribution in [1.29, 1.82) is 0 Å². The Labute approximate surface area is 243 Å². The molecule has 4 rings (SSSR count). The van der Waals surface area contributed by atoms with Crippen LogP contribution < -0.4 is 22.5 Å². The lowest BCUT2D eigenvalue weighted by Gasteiger charge is -2.12. The lowest BCUT2D eigenvalue weighted by Crippen LogP contribution is -2.39. The highest BCUT2D eigenvalue weighted by Crippen LogP contribution is 2.19. The number of carbonyl (C=O) groups is 2. The minimum Gasteiger partial charge on any atom is -0.480 e. The first-order valence-corrected chi connectivity index (χ1v) is 11.3. The summed E-state index contributed by atoms with van der Waals surface area (Å²) in [6.07, 6.45) is 2.00. The predicted molar refractivity (Wildman–Crippen MR) is 144 cm³/mol. The highest BCUT2D eigenvalue weighted by Gasteiger charge is 2.26. The molecule has 238 valence electrons. The summed E-state index contributed by atoms with van der Waals surface area (Å²) in [5, 5.41) is 8.93. The third-order valence-corrected chi connectivity index (χ3v) is 6.13. The molecule has 16 nitrogen and oxygen atoms in total. The number of hydrogen-bond acceptors (Lipinski definition) is 9. The number of carboxylic acid groups (broad SMARTS) is 1. The van der Waals surface area contributed by atoms with Crippen LogP contribution in [0.4, 0.5) is 17.6 Å². The fourth-order valence-corrected chi connectivity index (χ4v) is 3.81. The van der Waals surface area contributed by atoms with Gasteiger partial charge >= 0.3 is 36.4 Å². The molecule has 0 saturated carbocycles. The van der Waals surface area contributed by atoms with Crippen LogP contribution in [-0.2, 0) is 28.4 Å². The quantitative estimate of drug-likeness (QED) is 0.235. The smallest absolute Gasteiger partial charge is 0.336 e. The minimum absolute atomic E-state index is 0. The third kappa shape index (κ3) is 6.08. The van der Waals surface area contributed by atoms with E-state index in [4.69, 9.17) is 5.11 Å². The normalized spacial score (nSPS) is 12.3. The molecule has 0 aromatic carbocycles. The van der Waals surface area contributed by atoms with E-state index in [1.807, 2.05) is 0 Å². The Morgan fingerprint density at radius 1 is 0.791 bits per heavy atom. The van der Waals surface area contributed by atoms with Crippen LogP contribution in [0.3, 0.4) is 0 Å². The second-order valence-electron chi connectivity index (χ2n) is 8.45. The molecule has 43 heavy (non-hydrogen) atoms. The van der Waals surface area contributed by atoms with Crippen LogP contribution in [0.1, 0.15) is 46.5 Å². The lowest BCUT2D eigenvalue weighted by atomic mass is 10.3. The number of esters is 1. The number of fused-ring (bicyclic) bond motifs is 2. The number of carboxylic acids is 1. The van der Waals surface area contributed by atoms with Gasteiger partial charge in [-0.05, 0) is 13.8 Å². The molecule has 2 atom stereocenters. The van der Waals surface area contributed by atoms with E-state index in [0.717, 1.165) is 43.0 Å². The van der Waals surface area contributed by atoms with E-state index in [-0.39, 0.29) is 40.0 Å². The molecule has 0 bridgehead atoms. The zero-order chi connectivity index (χ0) is 31.1. The van der Waals surface area contributed by atoms with Gasteiger partial charge in [-0.3, -0.25) is 18.7 Å². The molecule has 1 N–H and O–H groups in total. The first kappa shape index (κ1) is 36.3. The number of halogens is 5. The molecule has 0 spiro atoms. The molecule has 0 amide bonds. The Kier molecular flexibility index (Phi) is 11.4. The van der Waals surface area contributed by atoms with Crippen LogP contribution in [0.2, 0.25) is 0 Å². The molecular weight excluding hydrogens is 616 g/mol. The van der Waals surface area contributed by atoms with Gasteiger partial charge < -0.3 is 19.0 Å². The van der Waals surface area contributed by atoms with Crippen molar-refractivity contribution in [1.82, 2.24) is 37.4 Å². The minimum atomic E-state index is -3.19. The molecule has 0 saturated heterocycles. The highest BCUT2D eigenvalue weighted by molar-refractivity contribution is 5.85. The number of rotatable bonds is 6. The highest BCUT2D eigenvalue weighted by atomic mass is 35.5. The van der Waals surface area contributed by atoms with E-state index in [1.165, 1.54) is 13.8 Å². The van der Waals surface area contributed by atoms with Crippen LogP contribution in [0.25, 0.3) is 22.3 Å². The largest absolute Gasteiger partial charge is 0.480 e. The molecule has 0 aliphatic heterocycles. The maximum atomic E-state index is 13.0. The van der Waals surface area contributed by atoms with E-state index in [9.17, 15) is 46.3 Å². The zero-order valence-corrected chi connectivity index (χ0v) is 23.1. The topological polar surface area (TPSA) is 187 Å². The summed E-state index contributed by atoms with van der Waals surface area (Å²) in [6.45, 7) is -3.67. The number of aromatic nitrogens is 8. The van der Waals surface area contributed by atoms with Gasteiger partial charge in [-0.1, -0.05) is 7.43 Å². The Bertz CT molecular complexity index is 1910. The van der Waals surface area contributed by atoms with Crippen LogP contribution in [0.15, 0.2) is 31.8 Å². The SMILES string of the molecule is C.COC(=O)[C@H](C)n1cnc2c1c(=O)n(C)c(=O)n2C(F)F.C[C@@H](C(=O)O)n1cnc2c1c(=O)n(C)c(=O)n2C(F)F.Cl. The number of imidazole rings is 2. The van der Waals surface area contributed by atoms with Crippen molar-refractivity contribution in [3.05, 3.63) is 54.3 Å². The van der Waals surface area contributed by atoms with Gasteiger partial charge in [0, 0.05) is 14.1 Å². The Morgan fingerprint density at radius 3 is 1.44 bits per heavy atom. The second kappa shape index (κ2) is 13.5. The number of carbonyl (C=O) groups excluding carboxylic acids is 1. The molecule has 4 heterocycles. The maximum Gasteiger partial charge on any atom is 0.336 e. The Balaban J connectivity index is 0.000000411. The number of hydrogen-bond donors (Lipinski definition) is 1. The molecule has 4 aromatic rings. The van der Waals surface area contributed by atoms with Crippen molar-refractivity contribution in [2.45, 2.75) is 46.5 Å². The van der Waals surface area contributed by atoms with E-state index in [0.29, 0.717) is 9.13 Å². The number of methoxy groups -OCH3 is 1. The van der Waals surface area contributed by atoms with E-state index < -0.39 is 70.9 Å². The summed E-state index contributed by atoms with van der Waals surface area (Å²) in [4.78, 5) is 77.2. The average Bonchev–Trinajstić information content (AvgIpc) is 3.54. The summed E-state index contributed by atoms with van der Waals surface area (Å²) >= 11 is 0. The van der Waals surface area contributed by atoms with Gasteiger partial charge in [0.15, 0.2) is 22.3 Å². The van der Waals surface area contributed by atoms with Gasteiger partial charge in [0.05, 0.1) is 19.8 Å². The molecule has 0 aliphatic carbocycles. The standard InChI is InChI=1S/C11H12F2N4O4.C10H10F2N4O4.CH4.ClH/c1-5(9(19)21-3)16-4-14-7-6(16)8(18)15(2)11(20)17(7)10(12)13;1-4(8(18)19)15-3-13-6-5(15)7(17)14(2)10(20)16(6)9(11)12;;/h4-5,10H,1-3H3;3-4,9H,1-2H3,(H,18,19);1H4;1H/t5-;4-;;/m00../s1. The van der Waals surface area contributed by atoms with Crippen molar-refractivity contribution in [3.63, 3.8) is 0 Å². The van der Waals surface area contributed by atoms with Gasteiger partial charge in [0.2, 0.25) is 0 Å². The Hall–Kier alpha value is -4.75.